The summed E-state index contributed by atoms with van der Waals surface area (Å²) in [5, 5.41) is 24.3. The van der Waals surface area contributed by atoms with Crippen molar-refractivity contribution in [2.75, 3.05) is 0 Å². The van der Waals surface area contributed by atoms with Crippen LogP contribution in [0.15, 0.2) is 48.5 Å². The lowest BCUT2D eigenvalue weighted by Crippen LogP contribution is -2.34. The number of benzene rings is 2. The third-order valence-electron chi connectivity index (χ3n) is 3.28. The van der Waals surface area contributed by atoms with E-state index in [4.69, 9.17) is 0 Å². The van der Waals surface area contributed by atoms with E-state index in [1.165, 1.54) is 0 Å². The molecule has 0 saturated carbocycles. The number of hydrogen-bond acceptors (Lipinski definition) is 3. The largest absolute Gasteiger partial charge is 0.508 e. The van der Waals surface area contributed by atoms with E-state index < -0.39 is 6.10 Å². The van der Waals surface area contributed by atoms with Crippen molar-refractivity contribution < 1.29 is 15.0 Å². The molecular formula is C17H20N2O3. The van der Waals surface area contributed by atoms with Gasteiger partial charge in [-0.05, 0) is 35.7 Å². The normalized spacial score (nSPS) is 11.7. The predicted octanol–water partition coefficient (Wildman–Crippen LogP) is 2.44. The Morgan fingerprint density at radius 2 is 1.68 bits per heavy atom. The van der Waals surface area contributed by atoms with Gasteiger partial charge in [0, 0.05) is 13.1 Å². The number of phenolic OH excluding ortho intramolecular Hbond substituents is 1. The second-order valence-corrected chi connectivity index (χ2v) is 5.12. The van der Waals surface area contributed by atoms with Gasteiger partial charge in [0.15, 0.2) is 0 Å². The van der Waals surface area contributed by atoms with Gasteiger partial charge < -0.3 is 20.8 Å². The second-order valence-electron chi connectivity index (χ2n) is 5.12. The number of carbonyl (C=O) groups is 1. The highest BCUT2D eigenvalue weighted by atomic mass is 16.3. The van der Waals surface area contributed by atoms with Gasteiger partial charge in [0.05, 0.1) is 6.10 Å². The quantitative estimate of drug-likeness (QED) is 0.684. The van der Waals surface area contributed by atoms with Crippen LogP contribution in [0.1, 0.15) is 29.7 Å². The molecule has 0 saturated heterocycles. The van der Waals surface area contributed by atoms with Crippen molar-refractivity contribution in [1.82, 2.24) is 10.6 Å². The molecular weight excluding hydrogens is 280 g/mol. The molecule has 0 aromatic heterocycles. The van der Waals surface area contributed by atoms with Gasteiger partial charge in [-0.1, -0.05) is 36.4 Å². The summed E-state index contributed by atoms with van der Waals surface area (Å²) in [5.41, 5.74) is 2.63. The van der Waals surface area contributed by atoms with Crippen LogP contribution in [0.25, 0.3) is 0 Å². The monoisotopic (exact) mass is 300 g/mol. The Bertz CT molecular complexity index is 624. The van der Waals surface area contributed by atoms with E-state index in [1.807, 2.05) is 30.3 Å². The average Bonchev–Trinajstić information content (AvgIpc) is 2.51. The van der Waals surface area contributed by atoms with E-state index in [2.05, 4.69) is 10.6 Å². The molecule has 0 radical (unpaired) electrons. The Morgan fingerprint density at radius 3 is 2.27 bits per heavy atom. The third-order valence-corrected chi connectivity index (χ3v) is 3.28. The Morgan fingerprint density at radius 1 is 1.05 bits per heavy atom. The average molecular weight is 300 g/mol. The summed E-state index contributed by atoms with van der Waals surface area (Å²) in [6.07, 6.45) is -0.493. The van der Waals surface area contributed by atoms with Gasteiger partial charge in [-0.3, -0.25) is 0 Å². The highest BCUT2D eigenvalue weighted by Gasteiger charge is 2.03. The zero-order valence-corrected chi connectivity index (χ0v) is 12.4. The Labute approximate surface area is 129 Å². The minimum atomic E-state index is -0.493. The van der Waals surface area contributed by atoms with Crippen LogP contribution in [-0.4, -0.2) is 16.2 Å². The fourth-order valence-electron chi connectivity index (χ4n) is 2.01. The van der Waals surface area contributed by atoms with Crippen LogP contribution in [-0.2, 0) is 13.1 Å². The molecule has 0 bridgehead atoms. The molecule has 2 amide bonds. The summed E-state index contributed by atoms with van der Waals surface area (Å²) in [5.74, 6) is 0.179. The molecule has 0 spiro atoms. The van der Waals surface area contributed by atoms with Gasteiger partial charge in [0.2, 0.25) is 0 Å². The molecule has 2 rings (SSSR count). The first-order valence-corrected chi connectivity index (χ1v) is 7.11. The molecule has 2 aromatic carbocycles. The maximum absolute atomic E-state index is 11.7. The minimum Gasteiger partial charge on any atom is -0.508 e. The summed E-state index contributed by atoms with van der Waals surface area (Å²) in [6.45, 7) is 2.47. The van der Waals surface area contributed by atoms with Gasteiger partial charge >= 0.3 is 6.03 Å². The number of aliphatic hydroxyl groups is 1. The van der Waals surface area contributed by atoms with E-state index in [9.17, 15) is 15.0 Å². The SMILES string of the molecule is CC(O)c1ccc(CNC(=O)NCc2cccc(O)c2)cc1. The molecule has 1 atom stereocenters. The molecule has 5 nitrogen and oxygen atoms in total. The topological polar surface area (TPSA) is 81.6 Å². The molecule has 0 aliphatic heterocycles. The smallest absolute Gasteiger partial charge is 0.315 e. The summed E-state index contributed by atoms with van der Waals surface area (Å²) < 4.78 is 0. The van der Waals surface area contributed by atoms with Gasteiger partial charge in [0.1, 0.15) is 5.75 Å². The highest BCUT2D eigenvalue weighted by Crippen LogP contribution is 2.12. The zero-order valence-electron chi connectivity index (χ0n) is 12.4. The molecule has 0 aliphatic carbocycles. The summed E-state index contributed by atoms with van der Waals surface area (Å²) in [6, 6.07) is 13.9. The van der Waals surface area contributed by atoms with Crippen molar-refractivity contribution in [2.24, 2.45) is 0 Å². The van der Waals surface area contributed by atoms with Crippen molar-refractivity contribution in [3.63, 3.8) is 0 Å². The van der Waals surface area contributed by atoms with Crippen LogP contribution >= 0.6 is 0 Å². The van der Waals surface area contributed by atoms with Crippen molar-refractivity contribution >= 4 is 6.03 Å². The maximum atomic E-state index is 11.7. The van der Waals surface area contributed by atoms with Gasteiger partial charge in [-0.15, -0.1) is 0 Å². The molecule has 4 N–H and O–H groups in total. The highest BCUT2D eigenvalue weighted by molar-refractivity contribution is 5.73. The summed E-state index contributed by atoms with van der Waals surface area (Å²) in [4.78, 5) is 11.7. The Balaban J connectivity index is 1.77. The van der Waals surface area contributed by atoms with E-state index in [1.54, 1.807) is 25.1 Å². The molecule has 116 valence electrons. The number of hydrogen-bond donors (Lipinski definition) is 4. The van der Waals surface area contributed by atoms with Crippen molar-refractivity contribution in [3.05, 3.63) is 65.2 Å². The van der Waals surface area contributed by atoms with Crippen LogP contribution in [0.4, 0.5) is 4.79 Å². The summed E-state index contributed by atoms with van der Waals surface area (Å²) >= 11 is 0. The number of carbonyl (C=O) groups excluding carboxylic acids is 1. The van der Waals surface area contributed by atoms with Crippen molar-refractivity contribution in [3.8, 4) is 5.75 Å². The number of nitrogens with one attached hydrogen (secondary N) is 2. The van der Waals surface area contributed by atoms with Crippen molar-refractivity contribution in [2.45, 2.75) is 26.1 Å². The lowest BCUT2D eigenvalue weighted by atomic mass is 10.1. The number of phenols is 1. The van der Waals surface area contributed by atoms with Crippen LogP contribution in [0.2, 0.25) is 0 Å². The first-order valence-electron chi connectivity index (χ1n) is 7.11. The molecule has 1 unspecified atom stereocenters. The van der Waals surface area contributed by atoms with E-state index in [0.717, 1.165) is 16.7 Å². The van der Waals surface area contributed by atoms with E-state index in [0.29, 0.717) is 13.1 Å². The molecule has 0 aliphatic rings. The van der Waals surface area contributed by atoms with Crippen LogP contribution in [0.3, 0.4) is 0 Å². The first kappa shape index (κ1) is 15.9. The number of aromatic hydroxyl groups is 1. The van der Waals surface area contributed by atoms with Crippen LogP contribution in [0, 0.1) is 0 Å². The Hall–Kier alpha value is -2.53. The summed E-state index contributed by atoms with van der Waals surface area (Å²) in [7, 11) is 0. The van der Waals surface area contributed by atoms with E-state index >= 15 is 0 Å². The minimum absolute atomic E-state index is 0.179. The lowest BCUT2D eigenvalue weighted by molar-refractivity contribution is 0.199. The standard InChI is InChI=1S/C17H20N2O3/c1-12(20)15-7-5-13(6-8-15)10-18-17(22)19-11-14-3-2-4-16(21)9-14/h2-9,12,20-21H,10-11H2,1H3,(H2,18,19,22). The Kier molecular flexibility index (Phi) is 5.38. The van der Waals surface area contributed by atoms with Gasteiger partial charge in [-0.25, -0.2) is 4.79 Å². The number of urea groups is 1. The molecule has 2 aromatic rings. The van der Waals surface area contributed by atoms with E-state index in [-0.39, 0.29) is 11.8 Å². The van der Waals surface area contributed by atoms with Gasteiger partial charge in [0.25, 0.3) is 0 Å². The number of aliphatic hydroxyl groups excluding tert-OH is 1. The molecule has 22 heavy (non-hydrogen) atoms. The van der Waals surface area contributed by atoms with Crippen LogP contribution in [0.5, 0.6) is 5.75 Å². The molecule has 0 fully saturated rings. The lowest BCUT2D eigenvalue weighted by Gasteiger charge is -2.09. The number of amides is 2. The fourth-order valence-corrected chi connectivity index (χ4v) is 2.01. The van der Waals surface area contributed by atoms with Gasteiger partial charge in [-0.2, -0.15) is 0 Å². The molecule has 5 heteroatoms. The maximum Gasteiger partial charge on any atom is 0.315 e. The first-order chi connectivity index (χ1) is 10.5. The molecule has 0 heterocycles. The van der Waals surface area contributed by atoms with Crippen molar-refractivity contribution in [1.29, 1.82) is 0 Å². The second kappa shape index (κ2) is 7.47. The number of rotatable bonds is 5. The fraction of sp³-hybridized carbons (Fsp3) is 0.235. The van der Waals surface area contributed by atoms with Crippen LogP contribution < -0.4 is 10.6 Å². The third kappa shape index (κ3) is 4.79. The predicted molar refractivity (Wildman–Crippen MR) is 84.3 cm³/mol. The zero-order chi connectivity index (χ0) is 15.9.